The molecule has 1 aliphatic rings. The third kappa shape index (κ3) is 6.36. The molecule has 0 aromatic heterocycles. The molecule has 0 radical (unpaired) electrons. The fourth-order valence-corrected chi connectivity index (χ4v) is 3.53. The second-order valence-electron chi connectivity index (χ2n) is 6.99. The molecular weight excluding hydrogens is 354 g/mol. The van der Waals surface area contributed by atoms with Crippen molar-refractivity contribution < 1.29 is 4.74 Å². The number of hydrogen-bond donors (Lipinski definition) is 2. The van der Waals surface area contributed by atoms with E-state index < -0.39 is 0 Å². The summed E-state index contributed by atoms with van der Waals surface area (Å²) in [5.41, 5.74) is 6.22. The lowest BCUT2D eigenvalue weighted by atomic mass is 9.96. The molecule has 0 unspecified atom stereocenters. The number of nitrogens with zero attached hydrogens (tertiary/aromatic N) is 1. The molecule has 1 saturated carbocycles. The Hall–Kier alpha value is -2.40. The molecular formula is C22H27N3OS. The number of nitrogens with one attached hydrogen (secondary N) is 2. The van der Waals surface area contributed by atoms with Gasteiger partial charge in [-0.15, -0.1) is 0 Å². The quantitative estimate of drug-likeness (QED) is 0.432. The van der Waals surface area contributed by atoms with E-state index in [-0.39, 0.29) is 0 Å². The first-order chi connectivity index (χ1) is 13.2. The smallest absolute Gasteiger partial charge is 0.187 e. The van der Waals surface area contributed by atoms with Crippen molar-refractivity contribution in [2.24, 2.45) is 5.10 Å². The van der Waals surface area contributed by atoms with Gasteiger partial charge in [-0.1, -0.05) is 61.2 Å². The van der Waals surface area contributed by atoms with Gasteiger partial charge in [-0.05, 0) is 49.7 Å². The Morgan fingerprint density at radius 2 is 1.96 bits per heavy atom. The normalized spacial score (nSPS) is 14.9. The molecule has 0 bridgehead atoms. The monoisotopic (exact) mass is 381 g/mol. The van der Waals surface area contributed by atoms with Gasteiger partial charge in [0.25, 0.3) is 0 Å². The Morgan fingerprint density at radius 1 is 1.15 bits per heavy atom. The molecule has 4 nitrogen and oxygen atoms in total. The third-order valence-corrected chi connectivity index (χ3v) is 4.92. The predicted molar refractivity (Wildman–Crippen MR) is 115 cm³/mol. The van der Waals surface area contributed by atoms with Crippen molar-refractivity contribution in [2.45, 2.75) is 51.7 Å². The predicted octanol–water partition coefficient (Wildman–Crippen LogP) is 4.70. The summed E-state index contributed by atoms with van der Waals surface area (Å²) in [5.74, 6) is 0.802. The zero-order valence-corrected chi connectivity index (χ0v) is 16.6. The minimum absolute atomic E-state index is 0.471. The van der Waals surface area contributed by atoms with Crippen LogP contribution in [0.1, 0.15) is 48.8 Å². The van der Waals surface area contributed by atoms with Gasteiger partial charge in [0.2, 0.25) is 0 Å². The maximum Gasteiger partial charge on any atom is 0.187 e. The van der Waals surface area contributed by atoms with E-state index in [1.165, 1.54) is 37.7 Å². The van der Waals surface area contributed by atoms with E-state index in [4.69, 9.17) is 17.0 Å². The van der Waals surface area contributed by atoms with Crippen LogP contribution in [0.4, 0.5) is 0 Å². The summed E-state index contributed by atoms with van der Waals surface area (Å²) in [5, 5.41) is 8.20. The molecule has 2 N–H and O–H groups in total. The highest BCUT2D eigenvalue weighted by Crippen LogP contribution is 2.18. The Bertz CT molecular complexity index is 785. The van der Waals surface area contributed by atoms with Crippen LogP contribution < -0.4 is 15.5 Å². The zero-order chi connectivity index (χ0) is 18.9. The van der Waals surface area contributed by atoms with Gasteiger partial charge in [0, 0.05) is 11.6 Å². The molecule has 0 amide bonds. The van der Waals surface area contributed by atoms with Crippen molar-refractivity contribution in [2.75, 3.05) is 0 Å². The van der Waals surface area contributed by atoms with E-state index >= 15 is 0 Å². The summed E-state index contributed by atoms with van der Waals surface area (Å²) in [6.07, 6.45) is 7.99. The molecule has 0 aliphatic heterocycles. The summed E-state index contributed by atoms with van der Waals surface area (Å²) in [7, 11) is 0. The minimum Gasteiger partial charge on any atom is -0.488 e. The van der Waals surface area contributed by atoms with Crippen molar-refractivity contribution in [3.63, 3.8) is 0 Å². The Balaban J connectivity index is 1.53. The van der Waals surface area contributed by atoms with Crippen LogP contribution >= 0.6 is 12.2 Å². The van der Waals surface area contributed by atoms with Crippen LogP contribution in [0.2, 0.25) is 0 Å². The largest absolute Gasteiger partial charge is 0.488 e. The summed E-state index contributed by atoms with van der Waals surface area (Å²) in [6.45, 7) is 2.61. The molecule has 2 aromatic carbocycles. The van der Waals surface area contributed by atoms with Crippen LogP contribution in [0.15, 0.2) is 53.6 Å². The fourth-order valence-electron chi connectivity index (χ4n) is 3.31. The lowest BCUT2D eigenvalue weighted by Gasteiger charge is -2.23. The van der Waals surface area contributed by atoms with Crippen molar-refractivity contribution in [1.82, 2.24) is 10.7 Å². The van der Waals surface area contributed by atoms with Gasteiger partial charge in [0.15, 0.2) is 5.11 Å². The van der Waals surface area contributed by atoms with E-state index in [2.05, 4.69) is 41.0 Å². The SMILES string of the molecule is Cc1cccc(COc2ccccc2/C=N/NC(=S)NC2CCCCC2)c1. The van der Waals surface area contributed by atoms with Gasteiger partial charge in [0.1, 0.15) is 12.4 Å². The first kappa shape index (κ1) is 19.4. The highest BCUT2D eigenvalue weighted by atomic mass is 32.1. The van der Waals surface area contributed by atoms with E-state index in [0.29, 0.717) is 17.8 Å². The first-order valence-corrected chi connectivity index (χ1v) is 9.98. The van der Waals surface area contributed by atoms with Crippen molar-refractivity contribution in [3.8, 4) is 5.75 Å². The van der Waals surface area contributed by atoms with Gasteiger partial charge in [0.05, 0.1) is 6.21 Å². The Morgan fingerprint density at radius 3 is 2.78 bits per heavy atom. The zero-order valence-electron chi connectivity index (χ0n) is 15.8. The van der Waals surface area contributed by atoms with Gasteiger partial charge in [-0.2, -0.15) is 5.10 Å². The van der Waals surface area contributed by atoms with Crippen LogP contribution in [0.5, 0.6) is 5.75 Å². The van der Waals surface area contributed by atoms with E-state index in [9.17, 15) is 0 Å². The van der Waals surface area contributed by atoms with Crippen molar-refractivity contribution >= 4 is 23.5 Å². The molecule has 5 heteroatoms. The number of hydrogen-bond acceptors (Lipinski definition) is 3. The summed E-state index contributed by atoms with van der Waals surface area (Å²) in [6, 6.07) is 16.7. The molecule has 0 spiro atoms. The molecule has 0 atom stereocenters. The van der Waals surface area contributed by atoms with Crippen LogP contribution in [0.3, 0.4) is 0 Å². The second-order valence-corrected chi connectivity index (χ2v) is 7.40. The maximum absolute atomic E-state index is 5.99. The lowest BCUT2D eigenvalue weighted by Crippen LogP contribution is -2.40. The molecule has 142 valence electrons. The molecule has 27 heavy (non-hydrogen) atoms. The average molecular weight is 382 g/mol. The van der Waals surface area contributed by atoms with Gasteiger partial charge in [-0.25, -0.2) is 0 Å². The van der Waals surface area contributed by atoms with Crippen molar-refractivity contribution in [3.05, 3.63) is 65.2 Å². The summed E-state index contributed by atoms with van der Waals surface area (Å²) < 4.78 is 5.99. The van der Waals surface area contributed by atoms with Gasteiger partial charge < -0.3 is 10.1 Å². The van der Waals surface area contributed by atoms with Crippen LogP contribution in [0, 0.1) is 6.92 Å². The molecule has 0 saturated heterocycles. The number of aryl methyl sites for hydroxylation is 1. The van der Waals surface area contributed by atoms with Crippen LogP contribution in [0.25, 0.3) is 0 Å². The highest BCUT2D eigenvalue weighted by Gasteiger charge is 2.13. The molecule has 1 aliphatic carbocycles. The molecule has 3 rings (SSSR count). The number of thiocarbonyl (C=S) groups is 1. The molecule has 0 heterocycles. The highest BCUT2D eigenvalue weighted by molar-refractivity contribution is 7.80. The molecule has 1 fully saturated rings. The number of ether oxygens (including phenoxy) is 1. The number of rotatable bonds is 6. The lowest BCUT2D eigenvalue weighted by molar-refractivity contribution is 0.305. The second kappa shape index (κ2) is 10.1. The standard InChI is InChI=1S/C22H27N3OS/c1-17-8-7-9-18(14-17)16-26-21-13-6-5-10-19(21)15-23-25-22(27)24-20-11-3-2-4-12-20/h5-10,13-15,20H,2-4,11-12,16H2,1H3,(H2,24,25,27)/b23-15+. The Kier molecular flexibility index (Phi) is 7.22. The third-order valence-electron chi connectivity index (χ3n) is 4.71. The van der Waals surface area contributed by atoms with Crippen molar-refractivity contribution in [1.29, 1.82) is 0 Å². The van der Waals surface area contributed by atoms with Gasteiger partial charge in [-0.3, -0.25) is 5.43 Å². The van der Waals surface area contributed by atoms with Gasteiger partial charge >= 0.3 is 0 Å². The number of hydrazone groups is 1. The molecule has 2 aromatic rings. The number of benzene rings is 2. The maximum atomic E-state index is 5.99. The van der Waals surface area contributed by atoms with E-state index in [1.807, 2.05) is 30.3 Å². The van der Waals surface area contributed by atoms with E-state index in [0.717, 1.165) is 16.9 Å². The Labute approximate surface area is 167 Å². The summed E-state index contributed by atoms with van der Waals surface area (Å²) in [4.78, 5) is 0. The summed E-state index contributed by atoms with van der Waals surface area (Å²) >= 11 is 5.34. The van der Waals surface area contributed by atoms with Crippen LogP contribution in [-0.2, 0) is 6.61 Å². The fraction of sp³-hybridized carbons (Fsp3) is 0.364. The first-order valence-electron chi connectivity index (χ1n) is 9.57. The van der Waals surface area contributed by atoms with Crippen LogP contribution in [-0.4, -0.2) is 17.4 Å². The average Bonchev–Trinajstić information content (AvgIpc) is 2.68. The van der Waals surface area contributed by atoms with E-state index in [1.54, 1.807) is 6.21 Å². The minimum atomic E-state index is 0.471. The topological polar surface area (TPSA) is 45.6 Å². The number of para-hydroxylation sites is 1.